The number of rotatable bonds is 4. The molecule has 3 aromatic rings. The zero-order valence-corrected chi connectivity index (χ0v) is 16.1. The van der Waals surface area contributed by atoms with Gasteiger partial charge in [-0.15, -0.1) is 0 Å². The fraction of sp³-hybridized carbons (Fsp3) is 0.278. The maximum Gasteiger partial charge on any atom is 0.265 e. The standard InChI is InChI=1S/C18H20N6O3S/c1-22-11-13(10-16(22)17(19)25)28(26,27)24-8-6-23(7-9-24)18-14-4-2-3-5-15(14)20-12-21-18/h2-5,10-12H,6-9H2,1H3,(H2,19,25). The molecule has 146 valence electrons. The number of sulfonamides is 1. The number of hydrogen-bond acceptors (Lipinski definition) is 6. The van der Waals surface area contributed by atoms with E-state index in [9.17, 15) is 13.2 Å². The number of para-hydroxylation sites is 1. The van der Waals surface area contributed by atoms with E-state index in [1.165, 1.54) is 27.5 Å². The van der Waals surface area contributed by atoms with Gasteiger partial charge in [0.25, 0.3) is 5.91 Å². The van der Waals surface area contributed by atoms with Crippen molar-refractivity contribution in [3.63, 3.8) is 0 Å². The summed E-state index contributed by atoms with van der Waals surface area (Å²) in [5, 5.41) is 0.940. The molecule has 1 amide bonds. The van der Waals surface area contributed by atoms with Gasteiger partial charge in [0.15, 0.2) is 0 Å². The molecule has 1 fully saturated rings. The van der Waals surface area contributed by atoms with Crippen LogP contribution in [0.4, 0.5) is 5.82 Å². The Morgan fingerprint density at radius 2 is 1.82 bits per heavy atom. The van der Waals surface area contributed by atoms with Gasteiger partial charge in [-0.05, 0) is 18.2 Å². The van der Waals surface area contributed by atoms with Crippen LogP contribution < -0.4 is 10.6 Å². The van der Waals surface area contributed by atoms with Gasteiger partial charge in [-0.3, -0.25) is 4.79 Å². The third-order valence-corrected chi connectivity index (χ3v) is 6.79. The average Bonchev–Trinajstić information content (AvgIpc) is 3.10. The number of amides is 1. The van der Waals surface area contributed by atoms with Crippen LogP contribution in [-0.2, 0) is 17.1 Å². The normalized spacial score (nSPS) is 15.8. The lowest BCUT2D eigenvalue weighted by Gasteiger charge is -2.34. The van der Waals surface area contributed by atoms with Gasteiger partial charge in [0.05, 0.1) is 5.52 Å². The zero-order valence-electron chi connectivity index (χ0n) is 15.3. The van der Waals surface area contributed by atoms with E-state index in [1.54, 1.807) is 7.05 Å². The molecule has 0 aliphatic carbocycles. The van der Waals surface area contributed by atoms with Crippen LogP contribution in [0.2, 0.25) is 0 Å². The summed E-state index contributed by atoms with van der Waals surface area (Å²) in [5.74, 6) is 0.141. The van der Waals surface area contributed by atoms with E-state index in [0.717, 1.165) is 16.7 Å². The summed E-state index contributed by atoms with van der Waals surface area (Å²) in [7, 11) is -2.11. The maximum atomic E-state index is 12.9. The molecule has 2 N–H and O–H groups in total. The molecule has 1 aliphatic rings. The molecule has 1 saturated heterocycles. The Bertz CT molecular complexity index is 1140. The van der Waals surface area contributed by atoms with E-state index in [0.29, 0.717) is 26.2 Å². The summed E-state index contributed by atoms with van der Waals surface area (Å²) >= 11 is 0. The van der Waals surface area contributed by atoms with E-state index in [2.05, 4.69) is 14.9 Å². The van der Waals surface area contributed by atoms with E-state index >= 15 is 0 Å². The maximum absolute atomic E-state index is 12.9. The van der Waals surface area contributed by atoms with Crippen molar-refractivity contribution in [2.24, 2.45) is 12.8 Å². The van der Waals surface area contributed by atoms with E-state index < -0.39 is 15.9 Å². The van der Waals surface area contributed by atoms with Crippen LogP contribution in [0.25, 0.3) is 10.9 Å². The molecule has 0 saturated carbocycles. The lowest BCUT2D eigenvalue weighted by molar-refractivity contribution is 0.0992. The molecule has 1 aromatic carbocycles. The van der Waals surface area contributed by atoms with Crippen molar-refractivity contribution < 1.29 is 13.2 Å². The summed E-state index contributed by atoms with van der Waals surface area (Å²) in [6, 6.07) is 9.06. The minimum Gasteiger partial charge on any atom is -0.364 e. The summed E-state index contributed by atoms with van der Waals surface area (Å²) in [6.07, 6.45) is 2.94. The predicted octanol–water partition coefficient (Wildman–Crippen LogP) is 0.578. The molecule has 4 rings (SSSR count). The van der Waals surface area contributed by atoms with Crippen molar-refractivity contribution in [1.29, 1.82) is 0 Å². The monoisotopic (exact) mass is 400 g/mol. The number of aromatic nitrogens is 3. The Morgan fingerprint density at radius 3 is 2.50 bits per heavy atom. The van der Waals surface area contributed by atoms with Gasteiger partial charge < -0.3 is 15.2 Å². The number of nitrogens with two attached hydrogens (primary N) is 1. The van der Waals surface area contributed by atoms with Gasteiger partial charge >= 0.3 is 0 Å². The average molecular weight is 400 g/mol. The number of anilines is 1. The van der Waals surface area contributed by atoms with Crippen LogP contribution >= 0.6 is 0 Å². The smallest absolute Gasteiger partial charge is 0.265 e. The Hall–Kier alpha value is -2.98. The van der Waals surface area contributed by atoms with E-state index in [4.69, 9.17) is 5.73 Å². The zero-order chi connectivity index (χ0) is 19.9. The molecule has 0 radical (unpaired) electrons. The Labute approximate surface area is 162 Å². The lowest BCUT2D eigenvalue weighted by atomic mass is 10.2. The fourth-order valence-corrected chi connectivity index (χ4v) is 4.95. The molecule has 10 heteroatoms. The summed E-state index contributed by atoms with van der Waals surface area (Å²) in [4.78, 5) is 22.2. The first kappa shape index (κ1) is 18.4. The quantitative estimate of drug-likeness (QED) is 0.685. The highest BCUT2D eigenvalue weighted by atomic mass is 32.2. The van der Waals surface area contributed by atoms with Crippen LogP contribution in [0.5, 0.6) is 0 Å². The largest absolute Gasteiger partial charge is 0.364 e. The van der Waals surface area contributed by atoms with Gasteiger partial charge in [-0.25, -0.2) is 18.4 Å². The molecule has 28 heavy (non-hydrogen) atoms. The number of carbonyl (C=O) groups is 1. The van der Waals surface area contributed by atoms with Gasteiger partial charge in [0.2, 0.25) is 10.0 Å². The van der Waals surface area contributed by atoms with Gasteiger partial charge in [0, 0.05) is 44.8 Å². The third-order valence-electron chi connectivity index (χ3n) is 4.93. The first-order valence-corrected chi connectivity index (χ1v) is 10.2. The Morgan fingerprint density at radius 1 is 1.11 bits per heavy atom. The van der Waals surface area contributed by atoms with Gasteiger partial charge in [0.1, 0.15) is 22.7 Å². The molecule has 0 bridgehead atoms. The minimum absolute atomic E-state index is 0.0738. The molecule has 0 unspecified atom stereocenters. The molecular weight excluding hydrogens is 380 g/mol. The molecule has 2 aromatic heterocycles. The highest BCUT2D eigenvalue weighted by molar-refractivity contribution is 7.89. The first-order chi connectivity index (χ1) is 13.4. The fourth-order valence-electron chi connectivity index (χ4n) is 3.45. The first-order valence-electron chi connectivity index (χ1n) is 8.79. The highest BCUT2D eigenvalue weighted by Crippen LogP contribution is 2.25. The topological polar surface area (TPSA) is 114 Å². The molecule has 9 nitrogen and oxygen atoms in total. The van der Waals surface area contributed by atoms with Crippen molar-refractivity contribution in [3.05, 3.63) is 48.5 Å². The lowest BCUT2D eigenvalue weighted by Crippen LogP contribution is -2.48. The molecule has 0 spiro atoms. The summed E-state index contributed by atoms with van der Waals surface area (Å²) in [5.41, 5.74) is 6.30. The van der Waals surface area contributed by atoms with Gasteiger partial charge in [-0.2, -0.15) is 4.31 Å². The number of nitrogens with zero attached hydrogens (tertiary/aromatic N) is 5. The molecule has 3 heterocycles. The van der Waals surface area contributed by atoms with E-state index in [-0.39, 0.29) is 10.6 Å². The third kappa shape index (κ3) is 3.10. The van der Waals surface area contributed by atoms with Crippen molar-refractivity contribution in [2.75, 3.05) is 31.1 Å². The van der Waals surface area contributed by atoms with Crippen molar-refractivity contribution in [1.82, 2.24) is 18.8 Å². The number of primary amides is 1. The summed E-state index contributed by atoms with van der Waals surface area (Å²) in [6.45, 7) is 1.66. The minimum atomic E-state index is -3.70. The van der Waals surface area contributed by atoms with Crippen LogP contribution in [0.3, 0.4) is 0 Å². The number of benzene rings is 1. The number of hydrogen-bond donors (Lipinski definition) is 1. The second-order valence-corrected chi connectivity index (χ2v) is 8.58. The molecule has 0 atom stereocenters. The van der Waals surface area contributed by atoms with Crippen LogP contribution in [0.1, 0.15) is 10.5 Å². The molecular formula is C18H20N6O3S. The Kier molecular flexibility index (Phi) is 4.52. The predicted molar refractivity (Wildman–Crippen MR) is 104 cm³/mol. The van der Waals surface area contributed by atoms with Crippen LogP contribution in [0.15, 0.2) is 47.8 Å². The second-order valence-electron chi connectivity index (χ2n) is 6.64. The number of fused-ring (bicyclic) bond motifs is 1. The van der Waals surface area contributed by atoms with Crippen molar-refractivity contribution >= 4 is 32.7 Å². The van der Waals surface area contributed by atoms with Crippen LogP contribution in [-0.4, -0.2) is 59.3 Å². The SMILES string of the molecule is Cn1cc(S(=O)(=O)N2CCN(c3ncnc4ccccc34)CC2)cc1C(N)=O. The second kappa shape index (κ2) is 6.88. The van der Waals surface area contributed by atoms with Crippen LogP contribution in [0, 0.1) is 0 Å². The molecule has 1 aliphatic heterocycles. The van der Waals surface area contributed by atoms with E-state index in [1.807, 2.05) is 24.3 Å². The van der Waals surface area contributed by atoms with Crippen molar-refractivity contribution in [3.8, 4) is 0 Å². The summed E-state index contributed by atoms with van der Waals surface area (Å²) < 4.78 is 28.7. The van der Waals surface area contributed by atoms with Gasteiger partial charge in [-0.1, -0.05) is 12.1 Å². The number of aryl methyl sites for hydroxylation is 1. The number of carbonyl (C=O) groups excluding carboxylic acids is 1. The van der Waals surface area contributed by atoms with Crippen molar-refractivity contribution in [2.45, 2.75) is 4.90 Å². The highest BCUT2D eigenvalue weighted by Gasteiger charge is 2.31. The number of piperazine rings is 1. The Balaban J connectivity index is 1.55.